The van der Waals surface area contributed by atoms with Crippen LogP contribution < -0.4 is 5.32 Å². The standard InChI is InChI=1S/C13H14F3NO3/c1-2-3-8(6-11(18)19)17-13(20)7-4-9(14)12(16)10(15)5-7/h4-5,8H,2-3,6H2,1H3,(H,17,20)(H,18,19). The molecule has 1 rings (SSSR count). The maximum absolute atomic E-state index is 13.0. The number of hydrogen-bond donors (Lipinski definition) is 2. The molecule has 0 heterocycles. The molecule has 20 heavy (non-hydrogen) atoms. The molecule has 0 spiro atoms. The molecular weight excluding hydrogens is 275 g/mol. The lowest BCUT2D eigenvalue weighted by Gasteiger charge is -2.16. The molecule has 1 atom stereocenters. The second-order valence-corrected chi connectivity index (χ2v) is 4.31. The fourth-order valence-corrected chi connectivity index (χ4v) is 1.74. The van der Waals surface area contributed by atoms with Gasteiger partial charge in [0.1, 0.15) is 0 Å². The van der Waals surface area contributed by atoms with Gasteiger partial charge in [-0.05, 0) is 18.6 Å². The van der Waals surface area contributed by atoms with Gasteiger partial charge in [-0.3, -0.25) is 9.59 Å². The summed E-state index contributed by atoms with van der Waals surface area (Å²) >= 11 is 0. The van der Waals surface area contributed by atoms with Crippen LogP contribution in [0.1, 0.15) is 36.5 Å². The number of aliphatic carboxylic acids is 1. The van der Waals surface area contributed by atoms with Crippen LogP contribution in [-0.2, 0) is 4.79 Å². The predicted molar refractivity (Wildman–Crippen MR) is 64.7 cm³/mol. The van der Waals surface area contributed by atoms with Gasteiger partial charge in [0.05, 0.1) is 6.42 Å². The molecule has 4 nitrogen and oxygen atoms in total. The summed E-state index contributed by atoms with van der Waals surface area (Å²) in [6, 6.07) is 0.482. The number of halogens is 3. The molecule has 0 aromatic heterocycles. The number of benzene rings is 1. The molecule has 0 aliphatic heterocycles. The summed E-state index contributed by atoms with van der Waals surface area (Å²) in [6.45, 7) is 1.80. The maximum Gasteiger partial charge on any atom is 0.305 e. The van der Waals surface area contributed by atoms with Crippen molar-refractivity contribution in [1.29, 1.82) is 0 Å². The number of nitrogens with one attached hydrogen (secondary N) is 1. The van der Waals surface area contributed by atoms with Crippen molar-refractivity contribution in [2.24, 2.45) is 0 Å². The molecule has 0 saturated carbocycles. The van der Waals surface area contributed by atoms with Crippen LogP contribution in [0.2, 0.25) is 0 Å². The van der Waals surface area contributed by atoms with Gasteiger partial charge in [0, 0.05) is 11.6 Å². The van der Waals surface area contributed by atoms with Crippen molar-refractivity contribution in [3.8, 4) is 0 Å². The Morgan fingerprint density at radius 2 is 1.80 bits per heavy atom. The quantitative estimate of drug-likeness (QED) is 0.791. The third-order valence-electron chi connectivity index (χ3n) is 2.64. The van der Waals surface area contributed by atoms with E-state index in [1.54, 1.807) is 6.92 Å². The average molecular weight is 289 g/mol. The average Bonchev–Trinajstić information content (AvgIpc) is 2.34. The SMILES string of the molecule is CCCC(CC(=O)O)NC(=O)c1cc(F)c(F)c(F)c1. The Bertz CT molecular complexity index is 497. The number of carbonyl (C=O) groups excluding carboxylic acids is 1. The van der Waals surface area contributed by atoms with Gasteiger partial charge in [-0.1, -0.05) is 13.3 Å². The van der Waals surface area contributed by atoms with E-state index in [4.69, 9.17) is 5.11 Å². The Balaban J connectivity index is 2.86. The second-order valence-electron chi connectivity index (χ2n) is 4.31. The molecule has 1 unspecified atom stereocenters. The number of carbonyl (C=O) groups is 2. The van der Waals surface area contributed by atoms with E-state index < -0.39 is 40.9 Å². The van der Waals surface area contributed by atoms with Gasteiger partial charge in [-0.2, -0.15) is 0 Å². The minimum atomic E-state index is -1.66. The van der Waals surface area contributed by atoms with Crippen molar-refractivity contribution < 1.29 is 27.9 Å². The third-order valence-corrected chi connectivity index (χ3v) is 2.64. The Kier molecular flexibility index (Phi) is 5.54. The topological polar surface area (TPSA) is 66.4 Å². The zero-order chi connectivity index (χ0) is 15.3. The molecule has 0 radical (unpaired) electrons. The van der Waals surface area contributed by atoms with Crippen molar-refractivity contribution in [2.45, 2.75) is 32.2 Å². The van der Waals surface area contributed by atoms with Gasteiger partial charge < -0.3 is 10.4 Å². The van der Waals surface area contributed by atoms with E-state index in [9.17, 15) is 22.8 Å². The largest absolute Gasteiger partial charge is 0.481 e. The molecule has 2 N–H and O–H groups in total. The van der Waals surface area contributed by atoms with Gasteiger partial charge in [0.2, 0.25) is 0 Å². The molecule has 110 valence electrons. The van der Waals surface area contributed by atoms with Crippen LogP contribution >= 0.6 is 0 Å². The van der Waals surface area contributed by atoms with Crippen LogP contribution in [0.5, 0.6) is 0 Å². The molecule has 1 amide bonds. The zero-order valence-electron chi connectivity index (χ0n) is 10.8. The summed E-state index contributed by atoms with van der Waals surface area (Å²) in [7, 11) is 0. The van der Waals surface area contributed by atoms with Crippen LogP contribution in [0.25, 0.3) is 0 Å². The molecule has 1 aromatic carbocycles. The van der Waals surface area contributed by atoms with E-state index in [2.05, 4.69) is 5.32 Å². The van der Waals surface area contributed by atoms with Gasteiger partial charge in [-0.25, -0.2) is 13.2 Å². The summed E-state index contributed by atoms with van der Waals surface area (Å²) < 4.78 is 38.8. The van der Waals surface area contributed by atoms with Gasteiger partial charge in [0.15, 0.2) is 17.5 Å². The van der Waals surface area contributed by atoms with Crippen molar-refractivity contribution >= 4 is 11.9 Å². The maximum atomic E-state index is 13.0. The minimum absolute atomic E-state index is 0.300. The molecule has 0 aliphatic rings. The highest BCUT2D eigenvalue weighted by molar-refractivity contribution is 5.94. The summed E-state index contributed by atoms with van der Waals surface area (Å²) in [6.07, 6.45) is 0.736. The van der Waals surface area contributed by atoms with E-state index in [0.29, 0.717) is 25.0 Å². The second kappa shape index (κ2) is 6.93. The molecule has 1 aromatic rings. The van der Waals surface area contributed by atoms with Crippen molar-refractivity contribution in [1.82, 2.24) is 5.32 Å². The van der Waals surface area contributed by atoms with Crippen LogP contribution in [0.4, 0.5) is 13.2 Å². The Hall–Kier alpha value is -2.05. The fraction of sp³-hybridized carbons (Fsp3) is 0.385. The lowest BCUT2D eigenvalue weighted by atomic mass is 10.1. The van der Waals surface area contributed by atoms with E-state index in [1.165, 1.54) is 0 Å². The highest BCUT2D eigenvalue weighted by atomic mass is 19.2. The highest BCUT2D eigenvalue weighted by Crippen LogP contribution is 2.14. The number of carboxylic acid groups (broad SMARTS) is 1. The zero-order valence-corrected chi connectivity index (χ0v) is 10.8. The first kappa shape index (κ1) is 16.0. The first-order valence-corrected chi connectivity index (χ1v) is 6.02. The minimum Gasteiger partial charge on any atom is -0.481 e. The monoisotopic (exact) mass is 289 g/mol. The number of hydrogen-bond acceptors (Lipinski definition) is 2. The normalized spacial score (nSPS) is 12.0. The van der Waals surface area contributed by atoms with E-state index in [1.807, 2.05) is 0 Å². The Morgan fingerprint density at radius 3 is 2.25 bits per heavy atom. The van der Waals surface area contributed by atoms with Crippen LogP contribution in [0, 0.1) is 17.5 Å². The predicted octanol–water partition coefficient (Wildman–Crippen LogP) is 2.48. The van der Waals surface area contributed by atoms with Gasteiger partial charge >= 0.3 is 5.97 Å². The number of rotatable bonds is 6. The lowest BCUT2D eigenvalue weighted by Crippen LogP contribution is -2.36. The molecule has 7 heteroatoms. The molecular formula is C13H14F3NO3. The van der Waals surface area contributed by atoms with Crippen molar-refractivity contribution in [2.75, 3.05) is 0 Å². The molecule has 0 fully saturated rings. The fourth-order valence-electron chi connectivity index (χ4n) is 1.74. The molecule has 0 aliphatic carbocycles. The molecule has 0 bridgehead atoms. The van der Waals surface area contributed by atoms with Crippen molar-refractivity contribution in [3.05, 3.63) is 35.1 Å². The summed E-state index contributed by atoms with van der Waals surface area (Å²) in [4.78, 5) is 22.4. The molecule has 0 saturated heterocycles. The van der Waals surface area contributed by atoms with Crippen LogP contribution in [0.3, 0.4) is 0 Å². The smallest absolute Gasteiger partial charge is 0.305 e. The van der Waals surface area contributed by atoms with Crippen LogP contribution in [0.15, 0.2) is 12.1 Å². The van der Waals surface area contributed by atoms with Crippen LogP contribution in [-0.4, -0.2) is 23.0 Å². The van der Waals surface area contributed by atoms with E-state index in [-0.39, 0.29) is 6.42 Å². The summed E-state index contributed by atoms with van der Waals surface area (Å²) in [5.41, 5.74) is -0.395. The van der Waals surface area contributed by atoms with E-state index >= 15 is 0 Å². The van der Waals surface area contributed by atoms with E-state index in [0.717, 1.165) is 0 Å². The Labute approximate surface area is 113 Å². The third kappa shape index (κ3) is 4.25. The summed E-state index contributed by atoms with van der Waals surface area (Å²) in [5.74, 6) is -6.54. The Morgan fingerprint density at radius 1 is 1.25 bits per heavy atom. The number of amides is 1. The highest BCUT2D eigenvalue weighted by Gasteiger charge is 2.19. The van der Waals surface area contributed by atoms with Crippen molar-refractivity contribution in [3.63, 3.8) is 0 Å². The van der Waals surface area contributed by atoms with Gasteiger partial charge in [-0.15, -0.1) is 0 Å². The lowest BCUT2D eigenvalue weighted by molar-refractivity contribution is -0.137. The first-order valence-electron chi connectivity index (χ1n) is 6.02. The number of carboxylic acids is 1. The summed E-state index contributed by atoms with van der Waals surface area (Å²) in [5, 5.41) is 11.1. The van der Waals surface area contributed by atoms with Gasteiger partial charge in [0.25, 0.3) is 5.91 Å². The first-order chi connectivity index (χ1) is 9.35.